The summed E-state index contributed by atoms with van der Waals surface area (Å²) in [6.07, 6.45) is 3.96. The SMILES string of the molecule is CC(=O)N[C@H](CC(C)C)C(=O)N[C@@H](CC(C)C)C(=O)N[C@@H](CC(C)C)C(=O)N[C@@H](CC(C)C)C(=O)N[C@@H](CCCN=C(N)N)C(=O)N[C@H](C(=O)N[C@@H](CCCCN)C(=O)NCc1ccc(C(=N)N)nc1)C(C)C. The van der Waals surface area contributed by atoms with Crippen molar-refractivity contribution in [2.45, 2.75) is 183 Å². The van der Waals surface area contributed by atoms with Gasteiger partial charge in [0.05, 0.1) is 0 Å². The standard InChI is InChI=1S/C50H89N15O8/c1-27(2)21-37(59-32(11)66)45(69)62-39(23-29(5)6)47(71)64-40(24-30(7)8)48(72)63-38(22-28(3)4)46(70)60-36(16-14-20-56-50(54)55)44(68)65-41(31(9)10)49(73)61-35(15-12-13-19-51)43(67)58-26-33-17-18-34(42(52)53)57-25-33/h17-18,25,27-31,35-41H,12-16,19-24,26,51H2,1-11H3,(H3,52,53)(H,58,67)(H,59,66)(H,60,70)(H,61,73)(H,62,69)(H,63,72)(H,64,71)(H,65,68)(H4,54,55,56)/t35-,36-,37+,38-,39-,40-,41-/m0/s1. The van der Waals surface area contributed by atoms with E-state index < -0.39 is 95.5 Å². The third-order valence-corrected chi connectivity index (χ3v) is 11.4. The maximum Gasteiger partial charge on any atom is 0.243 e. The lowest BCUT2D eigenvalue weighted by atomic mass is 9.97. The van der Waals surface area contributed by atoms with Gasteiger partial charge in [0.1, 0.15) is 53.8 Å². The molecule has 0 fully saturated rings. The summed E-state index contributed by atoms with van der Waals surface area (Å²) in [4.78, 5) is 118. The minimum atomic E-state index is -1.25. The Morgan fingerprint density at radius 1 is 0.548 bits per heavy atom. The van der Waals surface area contributed by atoms with Gasteiger partial charge in [-0.15, -0.1) is 0 Å². The number of carbonyl (C=O) groups excluding carboxylic acids is 8. The van der Waals surface area contributed by atoms with E-state index in [4.69, 9.17) is 28.3 Å². The van der Waals surface area contributed by atoms with E-state index in [-0.39, 0.29) is 92.8 Å². The number of unbranched alkanes of at least 4 members (excludes halogenated alkanes) is 1. The molecule has 0 spiro atoms. The van der Waals surface area contributed by atoms with E-state index in [1.807, 2.05) is 55.4 Å². The lowest BCUT2D eigenvalue weighted by Gasteiger charge is -2.30. The topological polar surface area (TPSA) is 386 Å². The second-order valence-electron chi connectivity index (χ2n) is 20.7. The summed E-state index contributed by atoms with van der Waals surface area (Å²) in [5, 5.41) is 29.8. The number of hydrogen-bond acceptors (Lipinski definition) is 12. The fraction of sp³-hybridized carbons (Fsp3) is 0.700. The number of nitrogens with one attached hydrogen (secondary N) is 9. The molecular formula is C50H89N15O8. The number of aromatic nitrogens is 1. The Morgan fingerprint density at radius 3 is 1.34 bits per heavy atom. The van der Waals surface area contributed by atoms with E-state index in [9.17, 15) is 38.4 Å². The number of aliphatic imine (C=N–C) groups is 1. The number of hydrogen-bond donors (Lipinski definition) is 13. The van der Waals surface area contributed by atoms with Crippen LogP contribution in [0.25, 0.3) is 0 Å². The number of carbonyl (C=O) groups is 8. The van der Waals surface area contributed by atoms with E-state index in [0.29, 0.717) is 31.4 Å². The van der Waals surface area contributed by atoms with Gasteiger partial charge in [-0.3, -0.25) is 53.7 Å². The van der Waals surface area contributed by atoms with E-state index in [1.165, 1.54) is 13.1 Å². The fourth-order valence-electron chi connectivity index (χ4n) is 7.73. The summed E-state index contributed by atoms with van der Waals surface area (Å²) >= 11 is 0. The molecule has 1 heterocycles. The molecule has 73 heavy (non-hydrogen) atoms. The maximum atomic E-state index is 14.3. The summed E-state index contributed by atoms with van der Waals surface area (Å²) in [6.45, 7) is 20.3. The molecule has 23 heteroatoms. The number of guanidine groups is 1. The first-order valence-corrected chi connectivity index (χ1v) is 25.6. The van der Waals surface area contributed by atoms with E-state index >= 15 is 0 Å². The molecule has 0 radical (unpaired) electrons. The molecule has 412 valence electrons. The van der Waals surface area contributed by atoms with Crippen molar-refractivity contribution >= 4 is 59.1 Å². The Balaban J connectivity index is 3.46. The highest BCUT2D eigenvalue weighted by atomic mass is 16.2. The number of nitrogens with zero attached hydrogens (tertiary/aromatic N) is 2. The van der Waals surface area contributed by atoms with Crippen LogP contribution in [-0.2, 0) is 44.9 Å². The van der Waals surface area contributed by atoms with Crippen molar-refractivity contribution in [1.29, 1.82) is 5.41 Å². The summed E-state index contributed by atoms with van der Waals surface area (Å²) in [6, 6.07) is -4.45. The van der Waals surface area contributed by atoms with Crippen LogP contribution in [0.4, 0.5) is 0 Å². The Bertz CT molecular complexity index is 1990. The van der Waals surface area contributed by atoms with Gasteiger partial charge in [0, 0.05) is 26.2 Å². The molecular weight excluding hydrogens is 939 g/mol. The molecule has 0 aliphatic heterocycles. The number of nitrogen functional groups attached to an aromatic ring is 1. The molecule has 0 aliphatic carbocycles. The van der Waals surface area contributed by atoms with Crippen LogP contribution >= 0.6 is 0 Å². The zero-order valence-electron chi connectivity index (χ0n) is 45.1. The molecule has 0 saturated carbocycles. The minimum Gasteiger partial charge on any atom is -0.382 e. The van der Waals surface area contributed by atoms with Gasteiger partial charge in [-0.2, -0.15) is 0 Å². The summed E-state index contributed by atoms with van der Waals surface area (Å²) in [5.74, 6) is -5.84. The van der Waals surface area contributed by atoms with Crippen molar-refractivity contribution in [3.05, 3.63) is 29.6 Å². The molecule has 7 atom stereocenters. The summed E-state index contributed by atoms with van der Waals surface area (Å²) < 4.78 is 0. The van der Waals surface area contributed by atoms with Crippen LogP contribution in [0.5, 0.6) is 0 Å². The van der Waals surface area contributed by atoms with Crippen molar-refractivity contribution < 1.29 is 38.4 Å². The molecule has 0 aliphatic rings. The third kappa shape index (κ3) is 26.2. The van der Waals surface area contributed by atoms with Crippen LogP contribution < -0.4 is 65.5 Å². The predicted molar refractivity (Wildman–Crippen MR) is 282 cm³/mol. The van der Waals surface area contributed by atoms with Crippen LogP contribution in [0.15, 0.2) is 23.3 Å². The lowest BCUT2D eigenvalue weighted by molar-refractivity contribution is -0.136. The average molecular weight is 1030 g/mol. The molecule has 1 rings (SSSR count). The zero-order chi connectivity index (χ0) is 55.5. The highest BCUT2D eigenvalue weighted by molar-refractivity contribution is 5.98. The van der Waals surface area contributed by atoms with Crippen LogP contribution in [0, 0.1) is 35.0 Å². The van der Waals surface area contributed by atoms with Gasteiger partial charge in [0.25, 0.3) is 0 Å². The van der Waals surface area contributed by atoms with Crippen molar-refractivity contribution in [2.75, 3.05) is 13.1 Å². The van der Waals surface area contributed by atoms with Crippen molar-refractivity contribution in [3.8, 4) is 0 Å². The van der Waals surface area contributed by atoms with Gasteiger partial charge in [-0.05, 0) is 106 Å². The molecule has 1 aromatic rings. The highest BCUT2D eigenvalue weighted by Crippen LogP contribution is 2.14. The molecule has 0 saturated heterocycles. The van der Waals surface area contributed by atoms with E-state index in [1.54, 1.807) is 26.0 Å². The summed E-state index contributed by atoms with van der Waals surface area (Å²) in [7, 11) is 0. The zero-order valence-corrected chi connectivity index (χ0v) is 45.1. The molecule has 23 nitrogen and oxygen atoms in total. The maximum absolute atomic E-state index is 14.3. The molecule has 0 aromatic carbocycles. The Labute approximate surface area is 432 Å². The van der Waals surface area contributed by atoms with Gasteiger partial charge in [-0.25, -0.2) is 0 Å². The van der Waals surface area contributed by atoms with Crippen LogP contribution in [-0.4, -0.2) is 119 Å². The second-order valence-corrected chi connectivity index (χ2v) is 20.7. The van der Waals surface area contributed by atoms with Crippen LogP contribution in [0.2, 0.25) is 0 Å². The first-order valence-electron chi connectivity index (χ1n) is 25.6. The second kappa shape index (κ2) is 33.4. The molecule has 0 unspecified atom stereocenters. The minimum absolute atomic E-state index is 0.0183. The first-order chi connectivity index (χ1) is 34.1. The lowest BCUT2D eigenvalue weighted by Crippen LogP contribution is -2.61. The number of amidine groups is 1. The van der Waals surface area contributed by atoms with Crippen molar-refractivity contribution in [3.63, 3.8) is 0 Å². The number of rotatable bonds is 34. The third-order valence-electron chi connectivity index (χ3n) is 11.4. The molecule has 1 aromatic heterocycles. The van der Waals surface area contributed by atoms with Gasteiger partial charge in [0.2, 0.25) is 47.3 Å². The van der Waals surface area contributed by atoms with Gasteiger partial charge < -0.3 is 65.5 Å². The largest absolute Gasteiger partial charge is 0.382 e. The normalized spacial score (nSPS) is 14.2. The number of amides is 8. The van der Waals surface area contributed by atoms with Crippen molar-refractivity contribution in [1.82, 2.24) is 47.5 Å². The Kier molecular flexibility index (Phi) is 29.5. The quantitative estimate of drug-likeness (QED) is 0.0253. The van der Waals surface area contributed by atoms with E-state index in [0.717, 1.165) is 0 Å². The van der Waals surface area contributed by atoms with Crippen LogP contribution in [0.3, 0.4) is 0 Å². The number of nitrogens with two attached hydrogens (primary N) is 4. The predicted octanol–water partition coefficient (Wildman–Crippen LogP) is 0.418. The molecule has 17 N–H and O–H groups in total. The van der Waals surface area contributed by atoms with Crippen molar-refractivity contribution in [2.24, 2.45) is 57.5 Å². The Hall–Kier alpha value is -6.39. The Morgan fingerprint density at radius 2 is 0.959 bits per heavy atom. The smallest absolute Gasteiger partial charge is 0.243 e. The molecule has 8 amide bonds. The van der Waals surface area contributed by atoms with E-state index in [2.05, 4.69) is 52.5 Å². The monoisotopic (exact) mass is 1030 g/mol. The molecule has 0 bridgehead atoms. The first kappa shape index (κ1) is 64.6. The highest BCUT2D eigenvalue weighted by Gasteiger charge is 2.35. The van der Waals surface area contributed by atoms with Gasteiger partial charge in [-0.1, -0.05) is 75.3 Å². The van der Waals surface area contributed by atoms with Gasteiger partial charge >= 0.3 is 0 Å². The van der Waals surface area contributed by atoms with Gasteiger partial charge in [0.15, 0.2) is 5.96 Å². The number of pyridine rings is 1. The van der Waals surface area contributed by atoms with Crippen LogP contribution in [0.1, 0.15) is 145 Å². The fourth-order valence-corrected chi connectivity index (χ4v) is 7.73. The average Bonchev–Trinajstić information content (AvgIpc) is 3.28. The summed E-state index contributed by atoms with van der Waals surface area (Å²) in [5.41, 5.74) is 23.3.